The van der Waals surface area contributed by atoms with E-state index in [2.05, 4.69) is 0 Å². The Kier molecular flexibility index (Phi) is 6.66. The van der Waals surface area contributed by atoms with E-state index in [-0.39, 0.29) is 7.21 Å². The van der Waals surface area contributed by atoms with Crippen LogP contribution in [0, 0.1) is 17.8 Å². The van der Waals surface area contributed by atoms with Crippen molar-refractivity contribution < 1.29 is 11.0 Å². The first kappa shape index (κ1) is 16.5. The Morgan fingerprint density at radius 3 is 2.48 bits per heavy atom. The smallest absolute Gasteiger partial charge is 0.155 e. The molecule has 0 saturated heterocycles. The lowest BCUT2D eigenvalue weighted by Gasteiger charge is -2.38. The van der Waals surface area contributed by atoms with Gasteiger partial charge in [-0.05, 0) is 56.9 Å². The first-order valence-corrected chi connectivity index (χ1v) is 8.89. The minimum absolute atomic E-state index is 0. The zero-order valence-corrected chi connectivity index (χ0v) is 13.5. The second kappa shape index (κ2) is 8.51. The Hall–Kier alpha value is -0.920. The maximum Gasteiger partial charge on any atom is 0.155 e. The summed E-state index contributed by atoms with van der Waals surface area (Å²) in [5.41, 5.74) is 0. The predicted octanol–water partition coefficient (Wildman–Crippen LogP) is 5.11. The summed E-state index contributed by atoms with van der Waals surface area (Å²) < 4.78 is 0. The molecule has 0 aromatic heterocycles. The van der Waals surface area contributed by atoms with E-state index in [0.29, 0.717) is 24.5 Å². The number of hydrogen-bond donors (Lipinski definition) is 0. The standard InChI is InChI=1S/C19H30O2.H2/c1-2-7-18(20)10-5-6-11-19(21)17-13-12-15-8-3-4-9-16(15)14-17;/h2,7,15-17H,3-6,8-14H2,1H3;1H/b7-2+;. The number of hydrogen-bond acceptors (Lipinski definition) is 2. The van der Waals surface area contributed by atoms with Gasteiger partial charge >= 0.3 is 0 Å². The average molecular weight is 292 g/mol. The Balaban J connectivity index is 0.00000242. The van der Waals surface area contributed by atoms with Crippen molar-refractivity contribution >= 4 is 11.6 Å². The minimum atomic E-state index is 0. The van der Waals surface area contributed by atoms with Crippen LogP contribution in [0.2, 0.25) is 0 Å². The van der Waals surface area contributed by atoms with E-state index in [1.807, 2.05) is 6.92 Å². The quantitative estimate of drug-likeness (QED) is 0.482. The highest BCUT2D eigenvalue weighted by atomic mass is 16.1. The molecule has 0 aromatic carbocycles. The van der Waals surface area contributed by atoms with Crippen molar-refractivity contribution in [2.75, 3.05) is 0 Å². The van der Waals surface area contributed by atoms with E-state index in [1.54, 1.807) is 12.2 Å². The van der Waals surface area contributed by atoms with Gasteiger partial charge in [-0.2, -0.15) is 0 Å². The first-order valence-electron chi connectivity index (χ1n) is 8.89. The summed E-state index contributed by atoms with van der Waals surface area (Å²) in [6.07, 6.45) is 15.5. The molecule has 0 aliphatic heterocycles. The van der Waals surface area contributed by atoms with Gasteiger partial charge < -0.3 is 0 Å². The fraction of sp³-hybridized carbons (Fsp3) is 0.789. The van der Waals surface area contributed by atoms with E-state index in [1.165, 1.54) is 32.1 Å². The molecule has 2 fully saturated rings. The van der Waals surface area contributed by atoms with E-state index in [4.69, 9.17) is 0 Å². The van der Waals surface area contributed by atoms with Gasteiger partial charge in [0.2, 0.25) is 0 Å². The second-order valence-electron chi connectivity index (χ2n) is 6.95. The van der Waals surface area contributed by atoms with Crippen LogP contribution >= 0.6 is 0 Å². The molecule has 0 spiro atoms. The number of ketones is 2. The normalized spacial score (nSPS) is 29.3. The monoisotopic (exact) mass is 292 g/mol. The molecule has 3 unspecified atom stereocenters. The van der Waals surface area contributed by atoms with Crippen LogP contribution in [0.1, 0.15) is 79.0 Å². The number of rotatable bonds is 7. The van der Waals surface area contributed by atoms with Crippen LogP contribution in [-0.4, -0.2) is 11.6 Å². The van der Waals surface area contributed by atoms with Gasteiger partial charge in [0.1, 0.15) is 5.78 Å². The Morgan fingerprint density at radius 1 is 1.00 bits per heavy atom. The third kappa shape index (κ3) is 5.09. The Bertz CT molecular complexity index is 389. The summed E-state index contributed by atoms with van der Waals surface area (Å²) in [5, 5.41) is 0. The van der Waals surface area contributed by atoms with E-state index in [9.17, 15) is 9.59 Å². The van der Waals surface area contributed by atoms with Crippen LogP contribution in [0.3, 0.4) is 0 Å². The van der Waals surface area contributed by atoms with Gasteiger partial charge in [0, 0.05) is 20.2 Å². The highest BCUT2D eigenvalue weighted by Gasteiger charge is 2.34. The zero-order valence-electron chi connectivity index (χ0n) is 13.5. The van der Waals surface area contributed by atoms with Crippen molar-refractivity contribution in [2.24, 2.45) is 17.8 Å². The zero-order chi connectivity index (χ0) is 15.1. The van der Waals surface area contributed by atoms with Crippen molar-refractivity contribution in [3.8, 4) is 0 Å². The molecule has 120 valence electrons. The molecule has 2 heteroatoms. The largest absolute Gasteiger partial charge is 0.299 e. The van der Waals surface area contributed by atoms with Gasteiger partial charge in [0.15, 0.2) is 5.78 Å². The van der Waals surface area contributed by atoms with E-state index < -0.39 is 0 Å². The van der Waals surface area contributed by atoms with Gasteiger partial charge in [0.05, 0.1) is 0 Å². The highest BCUT2D eigenvalue weighted by molar-refractivity contribution is 5.89. The van der Waals surface area contributed by atoms with Crippen LogP contribution in [0.4, 0.5) is 0 Å². The van der Waals surface area contributed by atoms with Crippen molar-refractivity contribution in [3.63, 3.8) is 0 Å². The first-order chi connectivity index (χ1) is 10.2. The van der Waals surface area contributed by atoms with Crippen LogP contribution in [0.25, 0.3) is 0 Å². The van der Waals surface area contributed by atoms with Crippen LogP contribution in [0.15, 0.2) is 12.2 Å². The van der Waals surface area contributed by atoms with Crippen LogP contribution in [-0.2, 0) is 9.59 Å². The van der Waals surface area contributed by atoms with Gasteiger partial charge in [-0.1, -0.05) is 31.8 Å². The molecule has 3 atom stereocenters. The SMILES string of the molecule is C/C=C/C(=O)CCCCC(=O)C1CCC2CCCCC2C1.[HH]. The average Bonchev–Trinajstić information content (AvgIpc) is 2.51. The third-order valence-corrected chi connectivity index (χ3v) is 5.44. The lowest BCUT2D eigenvalue weighted by Crippen LogP contribution is -2.31. The highest BCUT2D eigenvalue weighted by Crippen LogP contribution is 2.43. The number of allylic oxidation sites excluding steroid dienone is 2. The summed E-state index contributed by atoms with van der Waals surface area (Å²) in [7, 11) is 0. The molecular weight excluding hydrogens is 260 g/mol. The maximum absolute atomic E-state index is 12.3. The fourth-order valence-corrected chi connectivity index (χ4v) is 4.24. The maximum atomic E-state index is 12.3. The molecule has 2 saturated carbocycles. The van der Waals surface area contributed by atoms with Crippen LogP contribution in [0.5, 0.6) is 0 Å². The van der Waals surface area contributed by atoms with Gasteiger partial charge in [-0.3, -0.25) is 9.59 Å². The van der Waals surface area contributed by atoms with E-state index >= 15 is 0 Å². The van der Waals surface area contributed by atoms with E-state index in [0.717, 1.165) is 37.5 Å². The van der Waals surface area contributed by atoms with Crippen molar-refractivity contribution in [2.45, 2.75) is 77.6 Å². The van der Waals surface area contributed by atoms with Crippen molar-refractivity contribution in [1.29, 1.82) is 0 Å². The molecule has 0 heterocycles. The molecule has 21 heavy (non-hydrogen) atoms. The molecule has 2 aliphatic carbocycles. The number of carbonyl (C=O) groups excluding carboxylic acids is 2. The Morgan fingerprint density at radius 2 is 1.71 bits per heavy atom. The molecule has 0 amide bonds. The summed E-state index contributed by atoms with van der Waals surface area (Å²) in [5.74, 6) is 2.74. The van der Waals surface area contributed by atoms with Gasteiger partial charge in [-0.25, -0.2) is 0 Å². The fourth-order valence-electron chi connectivity index (χ4n) is 4.24. The molecule has 2 aliphatic rings. The lowest BCUT2D eigenvalue weighted by molar-refractivity contribution is -0.125. The summed E-state index contributed by atoms with van der Waals surface area (Å²) >= 11 is 0. The lowest BCUT2D eigenvalue weighted by atomic mass is 9.66. The van der Waals surface area contributed by atoms with Crippen LogP contribution < -0.4 is 0 Å². The van der Waals surface area contributed by atoms with Gasteiger partial charge in [-0.15, -0.1) is 0 Å². The predicted molar refractivity (Wildman–Crippen MR) is 88.2 cm³/mol. The Labute approximate surface area is 130 Å². The number of unbranched alkanes of at least 4 members (excludes halogenated alkanes) is 1. The number of fused-ring (bicyclic) bond motifs is 1. The molecular formula is C19H32O2. The summed E-state index contributed by atoms with van der Waals surface area (Å²) in [6, 6.07) is 0. The molecule has 0 radical (unpaired) electrons. The van der Waals surface area contributed by atoms with Crippen molar-refractivity contribution in [1.82, 2.24) is 0 Å². The molecule has 0 N–H and O–H groups in total. The number of Topliss-reactive ketones (excluding diaryl/α,β-unsaturated/α-hetero) is 1. The molecule has 2 rings (SSSR count). The minimum Gasteiger partial charge on any atom is -0.299 e. The molecule has 2 nitrogen and oxygen atoms in total. The van der Waals surface area contributed by atoms with Gasteiger partial charge in [0.25, 0.3) is 0 Å². The summed E-state index contributed by atoms with van der Waals surface area (Å²) in [6.45, 7) is 1.86. The third-order valence-electron chi connectivity index (χ3n) is 5.44. The summed E-state index contributed by atoms with van der Waals surface area (Å²) in [4.78, 5) is 23.7. The van der Waals surface area contributed by atoms with Crippen molar-refractivity contribution in [3.05, 3.63) is 12.2 Å². The second-order valence-corrected chi connectivity index (χ2v) is 6.95. The number of carbonyl (C=O) groups is 2. The molecule has 0 aromatic rings. The topological polar surface area (TPSA) is 34.1 Å². The molecule has 0 bridgehead atoms.